The Labute approximate surface area is 209 Å². The fraction of sp³-hybridized carbons (Fsp3) is 0.467. The molecule has 5 nitrogen and oxygen atoms in total. The molecule has 1 aliphatic heterocycles. The number of nitrogens with one attached hydrogen (secondary N) is 1. The summed E-state index contributed by atoms with van der Waals surface area (Å²) in [5, 5.41) is 3.03. The van der Waals surface area contributed by atoms with Crippen LogP contribution in [0.2, 0.25) is 0 Å². The summed E-state index contributed by atoms with van der Waals surface area (Å²) in [4.78, 5) is 28.3. The standard InChI is InChI=1S/C30H38N2O3/c1-21-9-8-12-23(17-21)15-16-31-28(33)20-32-25-19-24(30(2,3)4)13-14-26(25)35-27(29(32)34)18-22-10-6-5-7-11-22/h5-12,17-18,24-26H,13-16,19-20H2,1-4H3,(H,31,33)/b27-18-. The lowest BCUT2D eigenvalue weighted by Gasteiger charge is -2.48. The number of amides is 2. The monoisotopic (exact) mass is 474 g/mol. The van der Waals surface area contributed by atoms with Crippen molar-refractivity contribution in [2.24, 2.45) is 11.3 Å². The first-order valence-electron chi connectivity index (χ1n) is 12.8. The van der Waals surface area contributed by atoms with Gasteiger partial charge in [0.2, 0.25) is 5.91 Å². The van der Waals surface area contributed by atoms with Crippen molar-refractivity contribution in [2.45, 2.75) is 65.5 Å². The van der Waals surface area contributed by atoms with Crippen LogP contribution >= 0.6 is 0 Å². The highest BCUT2D eigenvalue weighted by molar-refractivity contribution is 5.98. The van der Waals surface area contributed by atoms with E-state index in [9.17, 15) is 9.59 Å². The molecular formula is C30H38N2O3. The average Bonchev–Trinajstić information content (AvgIpc) is 2.81. The van der Waals surface area contributed by atoms with Crippen LogP contribution in [0.1, 0.15) is 56.7 Å². The molecule has 0 aromatic heterocycles. The van der Waals surface area contributed by atoms with Crippen molar-refractivity contribution < 1.29 is 14.3 Å². The van der Waals surface area contributed by atoms with Crippen LogP contribution in [-0.2, 0) is 20.7 Å². The zero-order valence-corrected chi connectivity index (χ0v) is 21.4. The molecule has 1 N–H and O–H groups in total. The summed E-state index contributed by atoms with van der Waals surface area (Å²) in [5.41, 5.74) is 3.47. The van der Waals surface area contributed by atoms with Crippen LogP contribution in [0.15, 0.2) is 60.4 Å². The molecule has 2 amide bonds. The molecule has 1 saturated carbocycles. The van der Waals surface area contributed by atoms with Gasteiger partial charge in [0.1, 0.15) is 12.6 Å². The molecule has 3 unspecified atom stereocenters. The molecule has 1 aliphatic carbocycles. The summed E-state index contributed by atoms with van der Waals surface area (Å²) in [7, 11) is 0. The maximum absolute atomic E-state index is 13.6. The molecule has 1 saturated heterocycles. The fourth-order valence-corrected chi connectivity index (χ4v) is 5.29. The smallest absolute Gasteiger partial charge is 0.289 e. The third-order valence-electron chi connectivity index (χ3n) is 7.36. The first-order chi connectivity index (χ1) is 16.7. The molecule has 2 aromatic rings. The molecule has 4 rings (SSSR count). The van der Waals surface area contributed by atoms with Crippen molar-refractivity contribution in [3.63, 3.8) is 0 Å². The summed E-state index contributed by atoms with van der Waals surface area (Å²) in [6, 6.07) is 18.0. The first kappa shape index (κ1) is 25.0. The number of aryl methyl sites for hydroxylation is 1. The number of nitrogens with zero attached hydrogens (tertiary/aromatic N) is 1. The van der Waals surface area contributed by atoms with Crippen LogP contribution in [-0.4, -0.2) is 41.9 Å². The molecule has 1 heterocycles. The molecule has 3 atom stereocenters. The van der Waals surface area contributed by atoms with E-state index >= 15 is 0 Å². The molecule has 0 bridgehead atoms. The Kier molecular flexibility index (Phi) is 7.63. The minimum absolute atomic E-state index is 0.0557. The van der Waals surface area contributed by atoms with E-state index in [4.69, 9.17) is 4.74 Å². The van der Waals surface area contributed by atoms with Crippen molar-refractivity contribution in [1.82, 2.24) is 10.2 Å². The van der Waals surface area contributed by atoms with E-state index in [1.165, 1.54) is 11.1 Å². The second-order valence-corrected chi connectivity index (χ2v) is 11.0. The summed E-state index contributed by atoms with van der Waals surface area (Å²) in [6.07, 6.45) is 5.29. The number of carbonyl (C=O) groups is 2. The van der Waals surface area contributed by atoms with Crippen molar-refractivity contribution in [2.75, 3.05) is 13.1 Å². The van der Waals surface area contributed by atoms with Crippen LogP contribution < -0.4 is 5.32 Å². The van der Waals surface area contributed by atoms with E-state index in [2.05, 4.69) is 51.2 Å². The predicted octanol–water partition coefficient (Wildman–Crippen LogP) is 5.14. The van der Waals surface area contributed by atoms with E-state index in [1.807, 2.05) is 36.4 Å². The lowest BCUT2D eigenvalue weighted by Crippen LogP contribution is -2.58. The lowest BCUT2D eigenvalue weighted by atomic mass is 9.69. The molecule has 2 aromatic carbocycles. The number of hydrogen-bond acceptors (Lipinski definition) is 3. The highest BCUT2D eigenvalue weighted by Gasteiger charge is 2.46. The van der Waals surface area contributed by atoms with Gasteiger partial charge in [-0.15, -0.1) is 0 Å². The third kappa shape index (κ3) is 6.33. The predicted molar refractivity (Wildman–Crippen MR) is 139 cm³/mol. The minimum Gasteiger partial charge on any atom is -0.482 e. The topological polar surface area (TPSA) is 58.6 Å². The molecule has 0 radical (unpaired) electrons. The van der Waals surface area contributed by atoms with Crippen molar-refractivity contribution >= 4 is 17.9 Å². The Morgan fingerprint density at radius 3 is 2.60 bits per heavy atom. The highest BCUT2D eigenvalue weighted by atomic mass is 16.5. The quantitative estimate of drug-likeness (QED) is 0.590. The molecule has 0 spiro atoms. The second-order valence-electron chi connectivity index (χ2n) is 11.0. The van der Waals surface area contributed by atoms with Crippen LogP contribution in [0.4, 0.5) is 0 Å². The van der Waals surface area contributed by atoms with Gasteiger partial charge in [-0.05, 0) is 61.1 Å². The van der Waals surface area contributed by atoms with E-state index in [-0.39, 0.29) is 35.9 Å². The Morgan fingerprint density at radius 1 is 1.11 bits per heavy atom. The third-order valence-corrected chi connectivity index (χ3v) is 7.36. The van der Waals surface area contributed by atoms with Gasteiger partial charge in [-0.1, -0.05) is 80.9 Å². The van der Waals surface area contributed by atoms with Crippen LogP contribution in [0, 0.1) is 18.3 Å². The number of carbonyl (C=O) groups excluding carboxylic acids is 2. The van der Waals surface area contributed by atoms with E-state index in [0.29, 0.717) is 18.2 Å². The summed E-state index contributed by atoms with van der Waals surface area (Å²) >= 11 is 0. The number of benzene rings is 2. The largest absolute Gasteiger partial charge is 0.482 e. The van der Waals surface area contributed by atoms with Gasteiger partial charge in [0.25, 0.3) is 5.91 Å². The van der Waals surface area contributed by atoms with Crippen LogP contribution in [0.5, 0.6) is 0 Å². The Balaban J connectivity index is 1.48. The van der Waals surface area contributed by atoms with Gasteiger partial charge in [-0.2, -0.15) is 0 Å². The number of morpholine rings is 1. The zero-order valence-electron chi connectivity index (χ0n) is 21.4. The van der Waals surface area contributed by atoms with Crippen LogP contribution in [0.3, 0.4) is 0 Å². The Bertz CT molecular complexity index is 1070. The number of ether oxygens (including phenoxy) is 1. The highest BCUT2D eigenvalue weighted by Crippen LogP contribution is 2.42. The zero-order chi connectivity index (χ0) is 25.0. The van der Waals surface area contributed by atoms with Gasteiger partial charge in [-0.25, -0.2) is 0 Å². The lowest BCUT2D eigenvalue weighted by molar-refractivity contribution is -0.154. The van der Waals surface area contributed by atoms with Gasteiger partial charge < -0.3 is 15.0 Å². The van der Waals surface area contributed by atoms with Crippen molar-refractivity contribution in [3.05, 3.63) is 77.0 Å². The SMILES string of the molecule is Cc1cccc(CCNC(=O)CN2C(=O)/C(=C/c3ccccc3)OC3CCC(C(C)(C)C)CC32)c1. The van der Waals surface area contributed by atoms with Crippen LogP contribution in [0.25, 0.3) is 6.08 Å². The number of rotatable bonds is 6. The number of fused-ring (bicyclic) bond motifs is 1. The van der Waals surface area contributed by atoms with Gasteiger partial charge in [-0.3, -0.25) is 9.59 Å². The molecule has 35 heavy (non-hydrogen) atoms. The second kappa shape index (κ2) is 10.7. The van der Waals surface area contributed by atoms with E-state index < -0.39 is 0 Å². The van der Waals surface area contributed by atoms with Gasteiger partial charge in [0.15, 0.2) is 5.76 Å². The summed E-state index contributed by atoms with van der Waals surface area (Å²) in [6.45, 7) is 9.44. The van der Waals surface area contributed by atoms with Crippen molar-refractivity contribution in [3.8, 4) is 0 Å². The van der Waals surface area contributed by atoms with Crippen molar-refractivity contribution in [1.29, 1.82) is 0 Å². The molecule has 2 aliphatic rings. The molecular weight excluding hydrogens is 436 g/mol. The maximum atomic E-state index is 13.6. The van der Waals surface area contributed by atoms with E-state index in [0.717, 1.165) is 31.2 Å². The fourth-order valence-electron chi connectivity index (χ4n) is 5.29. The summed E-state index contributed by atoms with van der Waals surface area (Å²) < 4.78 is 6.27. The molecule has 2 fully saturated rings. The normalized spacial score (nSPS) is 23.5. The van der Waals surface area contributed by atoms with Gasteiger partial charge in [0.05, 0.1) is 6.04 Å². The number of hydrogen-bond donors (Lipinski definition) is 1. The Hall–Kier alpha value is -3.08. The maximum Gasteiger partial charge on any atom is 0.289 e. The molecule has 5 heteroatoms. The first-order valence-corrected chi connectivity index (χ1v) is 12.8. The minimum atomic E-state index is -0.196. The molecule has 186 valence electrons. The van der Waals surface area contributed by atoms with Gasteiger partial charge >= 0.3 is 0 Å². The summed E-state index contributed by atoms with van der Waals surface area (Å²) in [5.74, 6) is 0.494. The van der Waals surface area contributed by atoms with E-state index in [1.54, 1.807) is 11.0 Å². The average molecular weight is 475 g/mol. The van der Waals surface area contributed by atoms with Gasteiger partial charge in [0, 0.05) is 6.54 Å². The Morgan fingerprint density at radius 2 is 1.89 bits per heavy atom.